The normalized spacial score (nSPS) is 38.6. The summed E-state index contributed by atoms with van der Waals surface area (Å²) in [6.07, 6.45) is -0.661. The van der Waals surface area contributed by atoms with Gasteiger partial charge in [0.25, 0.3) is 0 Å². The van der Waals surface area contributed by atoms with E-state index in [4.69, 9.17) is 18.9 Å². The summed E-state index contributed by atoms with van der Waals surface area (Å²) < 4.78 is 23.0. The third-order valence-electron chi connectivity index (χ3n) is 9.06. The highest BCUT2D eigenvalue weighted by molar-refractivity contribution is 5.72. The molecule has 0 aromatic heterocycles. The van der Waals surface area contributed by atoms with E-state index in [0.29, 0.717) is 24.8 Å². The lowest BCUT2D eigenvalue weighted by Gasteiger charge is -2.62. The zero-order chi connectivity index (χ0) is 28.6. The summed E-state index contributed by atoms with van der Waals surface area (Å²) in [5.41, 5.74) is -0.972. The summed E-state index contributed by atoms with van der Waals surface area (Å²) in [5.74, 6) is -2.89. The maximum atomic E-state index is 12.8. The standard InChI is InChI=1S/C29H42O9/c1-9-15(3)11-12-28(8)17(5)23(32)24(33)29-21(26(35-18(6)30)38-27(29)36-19(7)31)13-20(14-22(28)29)37-25(34)16(4)10-2/h9,13,16-17,20,22-24,26-27,32-33H,1,3,10-12,14H2,2,4-8H3/t16-,17-,20+,22-,23+,24+,26-,27+,28-,29+/m1/s1. The van der Waals surface area contributed by atoms with E-state index in [1.807, 2.05) is 20.8 Å². The third kappa shape index (κ3) is 5.08. The molecule has 0 aromatic carbocycles. The monoisotopic (exact) mass is 534 g/mol. The molecule has 38 heavy (non-hydrogen) atoms. The summed E-state index contributed by atoms with van der Waals surface area (Å²) in [5, 5.41) is 23.2. The maximum absolute atomic E-state index is 12.8. The summed E-state index contributed by atoms with van der Waals surface area (Å²) in [7, 11) is 0. The van der Waals surface area contributed by atoms with Crippen LogP contribution < -0.4 is 0 Å². The van der Waals surface area contributed by atoms with Crippen molar-refractivity contribution in [2.45, 2.75) is 98.1 Å². The molecule has 10 atom stereocenters. The van der Waals surface area contributed by atoms with E-state index in [0.717, 1.165) is 5.57 Å². The number of ether oxygens (including phenoxy) is 4. The van der Waals surface area contributed by atoms with Gasteiger partial charge >= 0.3 is 17.9 Å². The first kappa shape index (κ1) is 30.1. The van der Waals surface area contributed by atoms with Crippen LogP contribution in [0.3, 0.4) is 0 Å². The zero-order valence-electron chi connectivity index (χ0n) is 23.3. The van der Waals surface area contributed by atoms with Crippen LogP contribution in [0.25, 0.3) is 0 Å². The van der Waals surface area contributed by atoms with E-state index in [2.05, 4.69) is 13.2 Å². The van der Waals surface area contributed by atoms with Crippen molar-refractivity contribution in [2.75, 3.05) is 0 Å². The molecule has 0 aromatic rings. The molecule has 1 saturated heterocycles. The summed E-state index contributed by atoms with van der Waals surface area (Å²) >= 11 is 0. The number of hydrogen-bond donors (Lipinski definition) is 2. The van der Waals surface area contributed by atoms with Crippen molar-refractivity contribution >= 4 is 17.9 Å². The van der Waals surface area contributed by atoms with Crippen LogP contribution in [-0.4, -0.2) is 59.0 Å². The predicted molar refractivity (Wildman–Crippen MR) is 138 cm³/mol. The fourth-order valence-corrected chi connectivity index (χ4v) is 6.48. The number of hydrogen-bond acceptors (Lipinski definition) is 9. The van der Waals surface area contributed by atoms with Crippen LogP contribution in [0.4, 0.5) is 0 Å². The van der Waals surface area contributed by atoms with Crippen molar-refractivity contribution in [2.24, 2.45) is 28.6 Å². The fraction of sp³-hybridized carbons (Fsp3) is 0.690. The number of aliphatic hydroxyl groups excluding tert-OH is 2. The molecule has 0 radical (unpaired) electrons. The smallest absolute Gasteiger partial charge is 0.309 e. The molecule has 9 heteroatoms. The molecule has 0 unspecified atom stereocenters. The van der Waals surface area contributed by atoms with E-state index < -0.39 is 65.5 Å². The van der Waals surface area contributed by atoms with E-state index in [9.17, 15) is 24.6 Å². The first-order valence-electron chi connectivity index (χ1n) is 13.3. The topological polar surface area (TPSA) is 129 Å². The molecule has 0 amide bonds. The van der Waals surface area contributed by atoms with Gasteiger partial charge in [0.2, 0.25) is 12.6 Å². The van der Waals surface area contributed by atoms with Crippen molar-refractivity contribution < 1.29 is 43.5 Å². The van der Waals surface area contributed by atoms with Gasteiger partial charge in [0.1, 0.15) is 6.10 Å². The molecule has 1 saturated carbocycles. The number of carbonyl (C=O) groups is 3. The van der Waals surface area contributed by atoms with Crippen molar-refractivity contribution in [3.8, 4) is 0 Å². The molecule has 1 aliphatic heterocycles. The molecule has 2 fully saturated rings. The minimum absolute atomic E-state index is 0.283. The van der Waals surface area contributed by atoms with Gasteiger partial charge < -0.3 is 24.4 Å². The third-order valence-corrected chi connectivity index (χ3v) is 9.06. The van der Waals surface area contributed by atoms with Crippen molar-refractivity contribution in [1.29, 1.82) is 0 Å². The van der Waals surface area contributed by atoms with Crippen molar-refractivity contribution in [3.63, 3.8) is 0 Å². The lowest BCUT2D eigenvalue weighted by molar-refractivity contribution is -0.274. The van der Waals surface area contributed by atoms with Crippen LogP contribution in [-0.2, 0) is 33.3 Å². The number of allylic oxidation sites excluding steroid dienone is 2. The van der Waals surface area contributed by atoms with Gasteiger partial charge in [0.15, 0.2) is 0 Å². The number of esters is 3. The predicted octanol–water partition coefficient (Wildman–Crippen LogP) is 3.59. The lowest BCUT2D eigenvalue weighted by atomic mass is 9.44. The minimum Gasteiger partial charge on any atom is -0.458 e. The second-order valence-corrected chi connectivity index (χ2v) is 11.2. The molecule has 2 N–H and O–H groups in total. The van der Waals surface area contributed by atoms with Gasteiger partial charge in [0, 0.05) is 19.4 Å². The highest BCUT2D eigenvalue weighted by Gasteiger charge is 2.73. The Morgan fingerprint density at radius 2 is 1.84 bits per heavy atom. The van der Waals surface area contributed by atoms with Crippen LogP contribution >= 0.6 is 0 Å². The molecule has 9 nitrogen and oxygen atoms in total. The molecule has 3 rings (SSSR count). The summed E-state index contributed by atoms with van der Waals surface area (Å²) in [6, 6.07) is 0. The summed E-state index contributed by atoms with van der Waals surface area (Å²) in [6.45, 7) is 17.8. The lowest BCUT2D eigenvalue weighted by Crippen LogP contribution is -2.68. The quantitative estimate of drug-likeness (QED) is 0.197. The first-order valence-corrected chi connectivity index (χ1v) is 13.3. The van der Waals surface area contributed by atoms with E-state index >= 15 is 0 Å². The van der Waals surface area contributed by atoms with Crippen LogP contribution in [0.1, 0.15) is 67.2 Å². The number of carbonyl (C=O) groups excluding carboxylic acids is 3. The van der Waals surface area contributed by atoms with E-state index in [-0.39, 0.29) is 18.3 Å². The number of rotatable bonds is 9. The molecule has 0 bridgehead atoms. The Morgan fingerprint density at radius 3 is 2.39 bits per heavy atom. The van der Waals surface area contributed by atoms with Gasteiger partial charge in [-0.15, -0.1) is 0 Å². The van der Waals surface area contributed by atoms with Gasteiger partial charge in [-0.25, -0.2) is 0 Å². The van der Waals surface area contributed by atoms with E-state index in [1.165, 1.54) is 13.8 Å². The molecular formula is C29H42O9. The Labute approximate surface area is 224 Å². The minimum atomic E-state index is -1.44. The Hall–Kier alpha value is -2.49. The van der Waals surface area contributed by atoms with Crippen LogP contribution in [0.5, 0.6) is 0 Å². The van der Waals surface area contributed by atoms with Gasteiger partial charge in [-0.1, -0.05) is 52.5 Å². The van der Waals surface area contributed by atoms with Crippen LogP contribution in [0.15, 0.2) is 36.5 Å². The SMILES string of the molecule is C=CC(=C)CC[C@]1(C)[C@H](C)[C@H](O)[C@H](O)[C@]23C(=C[C@H](OC(=O)[C@H](C)CC)C[C@H]12)[C@H](OC(C)=O)O[C@@H]3OC(C)=O. The van der Waals surface area contributed by atoms with Gasteiger partial charge in [-0.2, -0.15) is 0 Å². The molecule has 212 valence electrons. The molecular weight excluding hydrogens is 492 g/mol. The average Bonchev–Trinajstić information content (AvgIpc) is 3.15. The first-order chi connectivity index (χ1) is 17.7. The molecule has 1 heterocycles. The van der Waals surface area contributed by atoms with Crippen molar-refractivity contribution in [1.82, 2.24) is 0 Å². The summed E-state index contributed by atoms with van der Waals surface area (Å²) in [4.78, 5) is 37.0. The van der Waals surface area contributed by atoms with Crippen molar-refractivity contribution in [3.05, 3.63) is 36.5 Å². The van der Waals surface area contributed by atoms with E-state index in [1.54, 1.807) is 19.1 Å². The Bertz CT molecular complexity index is 1000. The van der Waals surface area contributed by atoms with Gasteiger partial charge in [-0.05, 0) is 49.0 Å². The Kier molecular flexibility index (Phi) is 8.95. The second-order valence-electron chi connectivity index (χ2n) is 11.2. The highest BCUT2D eigenvalue weighted by Crippen LogP contribution is 2.67. The zero-order valence-corrected chi connectivity index (χ0v) is 23.3. The largest absolute Gasteiger partial charge is 0.458 e. The maximum Gasteiger partial charge on any atom is 0.309 e. The van der Waals surface area contributed by atoms with Crippen LogP contribution in [0, 0.1) is 28.6 Å². The Morgan fingerprint density at radius 1 is 1.21 bits per heavy atom. The van der Waals surface area contributed by atoms with Gasteiger partial charge in [-0.3, -0.25) is 19.1 Å². The van der Waals surface area contributed by atoms with Gasteiger partial charge in [0.05, 0.1) is 23.5 Å². The van der Waals surface area contributed by atoms with Crippen LogP contribution in [0.2, 0.25) is 0 Å². The fourth-order valence-electron chi connectivity index (χ4n) is 6.48. The second kappa shape index (κ2) is 11.3. The molecule has 1 spiro atoms. The Balaban J connectivity index is 2.24. The number of aliphatic hydroxyl groups is 2. The highest BCUT2D eigenvalue weighted by atomic mass is 16.8. The molecule has 3 aliphatic rings. The average molecular weight is 535 g/mol. The molecule has 2 aliphatic carbocycles.